The normalized spacial score (nSPS) is 11.4. The number of carbonyl (C=O) groups is 1. The lowest BCUT2D eigenvalue weighted by atomic mass is 9.85. The maximum atomic E-state index is 12.1. The molecular weight excluding hydrogens is 226 g/mol. The number of carbonyl (C=O) groups excluding carboxylic acids is 1. The van der Waals surface area contributed by atoms with Crippen LogP contribution in [0.5, 0.6) is 5.75 Å². The molecule has 0 atom stereocenters. The molecule has 1 aromatic rings. The summed E-state index contributed by atoms with van der Waals surface area (Å²) in [5.74, 6) is 0.744. The molecule has 1 rings (SSSR count). The summed E-state index contributed by atoms with van der Waals surface area (Å²) in [5, 5.41) is 0. The Hall–Kier alpha value is -1.35. The third-order valence-corrected chi connectivity index (χ3v) is 2.97. The van der Waals surface area contributed by atoms with E-state index in [0.29, 0.717) is 30.7 Å². The van der Waals surface area contributed by atoms with Gasteiger partial charge in [-0.05, 0) is 36.1 Å². The molecule has 3 heteroatoms. The second-order valence-corrected chi connectivity index (χ2v) is 5.48. The summed E-state index contributed by atoms with van der Waals surface area (Å²) in [7, 11) is 1.59. The van der Waals surface area contributed by atoms with Gasteiger partial charge in [0, 0.05) is 6.42 Å². The maximum absolute atomic E-state index is 12.1. The SMILES string of the molecule is COc1ccc(C(C)(C)C)cc1C(=O)CCCN. The summed E-state index contributed by atoms with van der Waals surface area (Å²) in [6.45, 7) is 6.92. The summed E-state index contributed by atoms with van der Waals surface area (Å²) in [6, 6.07) is 5.83. The van der Waals surface area contributed by atoms with Crippen molar-refractivity contribution < 1.29 is 9.53 Å². The number of hydrogen-bond acceptors (Lipinski definition) is 3. The fraction of sp³-hybridized carbons (Fsp3) is 0.533. The van der Waals surface area contributed by atoms with Crippen molar-refractivity contribution in [3.05, 3.63) is 29.3 Å². The van der Waals surface area contributed by atoms with Crippen LogP contribution in [0.3, 0.4) is 0 Å². The number of ketones is 1. The number of methoxy groups -OCH3 is 1. The average Bonchev–Trinajstić information content (AvgIpc) is 2.34. The predicted molar refractivity (Wildman–Crippen MR) is 74.3 cm³/mol. The Morgan fingerprint density at radius 2 is 2.00 bits per heavy atom. The van der Waals surface area contributed by atoms with Crippen molar-refractivity contribution in [2.75, 3.05) is 13.7 Å². The summed E-state index contributed by atoms with van der Waals surface area (Å²) >= 11 is 0. The minimum Gasteiger partial charge on any atom is -0.496 e. The van der Waals surface area contributed by atoms with Crippen LogP contribution in [0.15, 0.2) is 18.2 Å². The first kappa shape index (κ1) is 14.7. The number of nitrogens with two attached hydrogens (primary N) is 1. The molecule has 0 saturated heterocycles. The molecule has 0 heterocycles. The lowest BCUT2D eigenvalue weighted by Gasteiger charge is -2.20. The average molecular weight is 249 g/mol. The predicted octanol–water partition coefficient (Wildman–Crippen LogP) is 2.91. The van der Waals surface area contributed by atoms with E-state index in [1.165, 1.54) is 0 Å². The van der Waals surface area contributed by atoms with Crippen LogP contribution in [0.4, 0.5) is 0 Å². The lowest BCUT2D eigenvalue weighted by Crippen LogP contribution is -2.13. The molecule has 0 bridgehead atoms. The second kappa shape index (κ2) is 6.01. The molecule has 1 aromatic carbocycles. The quantitative estimate of drug-likeness (QED) is 0.816. The highest BCUT2D eigenvalue weighted by Gasteiger charge is 2.18. The fourth-order valence-corrected chi connectivity index (χ4v) is 1.79. The van der Waals surface area contributed by atoms with Crippen molar-refractivity contribution in [3.63, 3.8) is 0 Å². The first-order valence-electron chi connectivity index (χ1n) is 6.32. The van der Waals surface area contributed by atoms with Crippen molar-refractivity contribution in [1.82, 2.24) is 0 Å². The van der Waals surface area contributed by atoms with Gasteiger partial charge in [-0.15, -0.1) is 0 Å². The van der Waals surface area contributed by atoms with Crippen LogP contribution >= 0.6 is 0 Å². The molecule has 0 aliphatic rings. The molecule has 0 radical (unpaired) electrons. The van der Waals surface area contributed by atoms with Crippen molar-refractivity contribution in [1.29, 1.82) is 0 Å². The molecule has 0 saturated carbocycles. The van der Waals surface area contributed by atoms with E-state index in [1.807, 2.05) is 18.2 Å². The van der Waals surface area contributed by atoms with E-state index in [-0.39, 0.29) is 11.2 Å². The topological polar surface area (TPSA) is 52.3 Å². The van der Waals surface area contributed by atoms with E-state index < -0.39 is 0 Å². The van der Waals surface area contributed by atoms with Crippen molar-refractivity contribution in [2.24, 2.45) is 5.73 Å². The van der Waals surface area contributed by atoms with Crippen LogP contribution in [0.1, 0.15) is 49.5 Å². The van der Waals surface area contributed by atoms with E-state index >= 15 is 0 Å². The zero-order valence-electron chi connectivity index (χ0n) is 11.7. The Morgan fingerprint density at radius 3 is 2.50 bits per heavy atom. The van der Waals surface area contributed by atoms with Crippen molar-refractivity contribution in [3.8, 4) is 5.75 Å². The third kappa shape index (κ3) is 3.57. The van der Waals surface area contributed by atoms with Gasteiger partial charge in [0.2, 0.25) is 0 Å². The van der Waals surface area contributed by atoms with Gasteiger partial charge in [0.1, 0.15) is 5.75 Å². The van der Waals surface area contributed by atoms with Crippen LogP contribution in [-0.2, 0) is 5.41 Å². The van der Waals surface area contributed by atoms with Crippen molar-refractivity contribution >= 4 is 5.78 Å². The van der Waals surface area contributed by atoms with Gasteiger partial charge < -0.3 is 10.5 Å². The van der Waals surface area contributed by atoms with Gasteiger partial charge in [-0.25, -0.2) is 0 Å². The lowest BCUT2D eigenvalue weighted by molar-refractivity contribution is 0.0977. The smallest absolute Gasteiger partial charge is 0.166 e. The summed E-state index contributed by atoms with van der Waals surface area (Å²) in [4.78, 5) is 12.1. The van der Waals surface area contributed by atoms with Crippen LogP contribution in [0.2, 0.25) is 0 Å². The zero-order valence-corrected chi connectivity index (χ0v) is 11.7. The first-order valence-corrected chi connectivity index (χ1v) is 6.32. The molecule has 2 N–H and O–H groups in total. The summed E-state index contributed by atoms with van der Waals surface area (Å²) < 4.78 is 5.26. The molecule has 100 valence electrons. The maximum Gasteiger partial charge on any atom is 0.166 e. The molecule has 3 nitrogen and oxygen atoms in total. The first-order chi connectivity index (χ1) is 8.40. The molecular formula is C15H23NO2. The van der Waals surface area contributed by atoms with Gasteiger partial charge in [-0.1, -0.05) is 26.8 Å². The Labute approximate surface area is 109 Å². The van der Waals surface area contributed by atoms with E-state index in [1.54, 1.807) is 7.11 Å². The number of benzene rings is 1. The molecule has 0 aliphatic heterocycles. The second-order valence-electron chi connectivity index (χ2n) is 5.48. The molecule has 0 aromatic heterocycles. The Bertz CT molecular complexity index is 419. The number of hydrogen-bond donors (Lipinski definition) is 1. The summed E-state index contributed by atoms with van der Waals surface area (Å²) in [5.41, 5.74) is 7.27. The minimum atomic E-state index is 0.0230. The molecule has 18 heavy (non-hydrogen) atoms. The highest BCUT2D eigenvalue weighted by Crippen LogP contribution is 2.28. The van der Waals surface area contributed by atoms with Crippen LogP contribution in [0.25, 0.3) is 0 Å². The molecule has 0 fully saturated rings. The Morgan fingerprint density at radius 1 is 1.33 bits per heavy atom. The Balaban J connectivity index is 3.10. The Kier molecular flexibility index (Phi) is 4.91. The third-order valence-electron chi connectivity index (χ3n) is 2.97. The van der Waals surface area contributed by atoms with Gasteiger partial charge in [0.15, 0.2) is 5.78 Å². The zero-order chi connectivity index (χ0) is 13.8. The van der Waals surface area contributed by atoms with Gasteiger partial charge in [-0.3, -0.25) is 4.79 Å². The minimum absolute atomic E-state index is 0.0230. The van der Waals surface area contributed by atoms with Crippen LogP contribution < -0.4 is 10.5 Å². The van der Waals surface area contributed by atoms with Gasteiger partial charge in [0.05, 0.1) is 12.7 Å². The number of ether oxygens (including phenoxy) is 1. The fourth-order valence-electron chi connectivity index (χ4n) is 1.79. The van der Waals surface area contributed by atoms with Gasteiger partial charge in [-0.2, -0.15) is 0 Å². The summed E-state index contributed by atoms with van der Waals surface area (Å²) in [6.07, 6.45) is 1.18. The number of Topliss-reactive ketones (excluding diaryl/α,β-unsaturated/α-hetero) is 1. The standard InChI is InChI=1S/C15H23NO2/c1-15(2,3)11-7-8-14(18-4)12(10-11)13(17)6-5-9-16/h7-8,10H,5-6,9,16H2,1-4H3. The van der Waals surface area contributed by atoms with E-state index in [4.69, 9.17) is 10.5 Å². The van der Waals surface area contributed by atoms with Crippen LogP contribution in [-0.4, -0.2) is 19.4 Å². The van der Waals surface area contributed by atoms with E-state index in [9.17, 15) is 4.79 Å². The molecule has 0 amide bonds. The highest BCUT2D eigenvalue weighted by molar-refractivity contribution is 5.98. The molecule has 0 aliphatic carbocycles. The van der Waals surface area contributed by atoms with Crippen LogP contribution in [0, 0.1) is 0 Å². The molecule has 0 spiro atoms. The monoisotopic (exact) mass is 249 g/mol. The van der Waals surface area contributed by atoms with Gasteiger partial charge in [0.25, 0.3) is 0 Å². The largest absolute Gasteiger partial charge is 0.496 e. The van der Waals surface area contributed by atoms with Gasteiger partial charge >= 0.3 is 0 Å². The van der Waals surface area contributed by atoms with Crippen molar-refractivity contribution in [2.45, 2.75) is 39.0 Å². The molecule has 0 unspecified atom stereocenters. The number of rotatable bonds is 5. The van der Waals surface area contributed by atoms with E-state index in [0.717, 1.165) is 5.56 Å². The van der Waals surface area contributed by atoms with E-state index in [2.05, 4.69) is 20.8 Å². The highest BCUT2D eigenvalue weighted by atomic mass is 16.5.